The number of alkyl halides is 3. The number of halogens is 3. The molecule has 4 nitrogen and oxygen atoms in total. The minimum Gasteiger partial charge on any atom is -0.351 e. The van der Waals surface area contributed by atoms with Crippen molar-refractivity contribution in [2.75, 3.05) is 11.5 Å². The van der Waals surface area contributed by atoms with E-state index in [1.807, 2.05) is 0 Å². The van der Waals surface area contributed by atoms with E-state index in [1.165, 1.54) is 6.07 Å². The van der Waals surface area contributed by atoms with Crippen molar-refractivity contribution >= 4 is 11.6 Å². The zero-order valence-electron chi connectivity index (χ0n) is 8.44. The molecule has 0 radical (unpaired) electrons. The number of benzene rings is 1. The Morgan fingerprint density at radius 3 is 2.65 bits per heavy atom. The summed E-state index contributed by atoms with van der Waals surface area (Å²) < 4.78 is 42.0. The van der Waals surface area contributed by atoms with Crippen LogP contribution in [-0.2, 0) is 15.7 Å². The molecule has 17 heavy (non-hydrogen) atoms. The third-order valence-corrected chi connectivity index (χ3v) is 2.30. The summed E-state index contributed by atoms with van der Waals surface area (Å²) in [7, 11) is 0. The first-order chi connectivity index (χ1) is 7.89. The number of hydrogen-bond acceptors (Lipinski definition) is 3. The van der Waals surface area contributed by atoms with E-state index in [0.717, 1.165) is 23.1 Å². The number of ether oxygens (including phenoxy) is 1. The minimum atomic E-state index is -4.50. The van der Waals surface area contributed by atoms with Crippen LogP contribution in [0.15, 0.2) is 24.3 Å². The third-order valence-electron chi connectivity index (χ3n) is 2.30. The maximum absolute atomic E-state index is 12.5. The lowest BCUT2D eigenvalue weighted by Crippen LogP contribution is -2.33. The summed E-state index contributed by atoms with van der Waals surface area (Å²) in [5.41, 5.74) is -0.934. The molecule has 1 aromatic rings. The Balaban J connectivity index is 2.37. The maximum atomic E-state index is 12.5. The number of aliphatic hydroxyl groups is 1. The van der Waals surface area contributed by atoms with E-state index in [1.54, 1.807) is 0 Å². The number of carbonyl (C=O) groups is 1. The molecule has 1 heterocycles. The molecule has 92 valence electrons. The standard InChI is InChI=1S/C10H8F3NO3/c11-10(12,13)6-2-1-3-7(4-6)14-8(15)5-17-9(14)16/h1-4,9,16H,5H2. The van der Waals surface area contributed by atoms with Gasteiger partial charge in [-0.2, -0.15) is 13.2 Å². The molecule has 1 aliphatic rings. The van der Waals surface area contributed by atoms with Crippen molar-refractivity contribution in [1.29, 1.82) is 0 Å². The van der Waals surface area contributed by atoms with Crippen LogP contribution in [0.3, 0.4) is 0 Å². The van der Waals surface area contributed by atoms with Crippen molar-refractivity contribution in [2.45, 2.75) is 12.6 Å². The zero-order chi connectivity index (χ0) is 12.6. The summed E-state index contributed by atoms with van der Waals surface area (Å²) in [4.78, 5) is 12.1. The number of anilines is 1. The fourth-order valence-corrected chi connectivity index (χ4v) is 1.52. The summed E-state index contributed by atoms with van der Waals surface area (Å²) in [5, 5.41) is 9.31. The SMILES string of the molecule is O=C1COC(O)N1c1cccc(C(F)(F)F)c1. The van der Waals surface area contributed by atoms with E-state index in [-0.39, 0.29) is 12.3 Å². The van der Waals surface area contributed by atoms with Gasteiger partial charge in [0.1, 0.15) is 6.61 Å². The highest BCUT2D eigenvalue weighted by atomic mass is 19.4. The van der Waals surface area contributed by atoms with Gasteiger partial charge in [-0.15, -0.1) is 0 Å². The highest BCUT2D eigenvalue weighted by molar-refractivity contribution is 5.96. The van der Waals surface area contributed by atoms with E-state index in [9.17, 15) is 23.1 Å². The molecule has 0 bridgehead atoms. The van der Waals surface area contributed by atoms with Gasteiger partial charge in [0.05, 0.1) is 5.56 Å². The third kappa shape index (κ3) is 2.25. The summed E-state index contributed by atoms with van der Waals surface area (Å²) in [5.74, 6) is -0.586. The van der Waals surface area contributed by atoms with Gasteiger partial charge in [-0.25, -0.2) is 0 Å². The lowest BCUT2D eigenvalue weighted by Gasteiger charge is -2.19. The number of nitrogens with zero attached hydrogens (tertiary/aromatic N) is 1. The topological polar surface area (TPSA) is 49.8 Å². The molecular formula is C10H8F3NO3. The monoisotopic (exact) mass is 247 g/mol. The van der Waals surface area contributed by atoms with Crippen LogP contribution in [0.1, 0.15) is 5.56 Å². The minimum absolute atomic E-state index is 0.0465. The second kappa shape index (κ2) is 4.01. The van der Waals surface area contributed by atoms with Crippen LogP contribution in [0, 0.1) is 0 Å². The molecule has 2 rings (SSSR count). The molecule has 0 spiro atoms. The number of hydrogen-bond donors (Lipinski definition) is 1. The Kier molecular flexibility index (Phi) is 2.80. The van der Waals surface area contributed by atoms with E-state index < -0.39 is 24.1 Å². The number of rotatable bonds is 1. The fraction of sp³-hybridized carbons (Fsp3) is 0.300. The lowest BCUT2D eigenvalue weighted by atomic mass is 10.2. The smallest absolute Gasteiger partial charge is 0.351 e. The van der Waals surface area contributed by atoms with E-state index in [0.29, 0.717) is 0 Å². The van der Waals surface area contributed by atoms with Gasteiger partial charge in [-0.05, 0) is 18.2 Å². The molecule has 1 amide bonds. The predicted octanol–water partition coefficient (Wildman–Crippen LogP) is 1.34. The highest BCUT2D eigenvalue weighted by Crippen LogP contribution is 2.32. The Hall–Kier alpha value is -1.60. The van der Waals surface area contributed by atoms with Gasteiger partial charge in [-0.3, -0.25) is 9.69 Å². The quantitative estimate of drug-likeness (QED) is 0.814. The summed E-state index contributed by atoms with van der Waals surface area (Å²) in [6.07, 6.45) is -6.03. The number of carbonyl (C=O) groups excluding carboxylic acids is 1. The Bertz CT molecular complexity index is 447. The van der Waals surface area contributed by atoms with Crippen LogP contribution in [-0.4, -0.2) is 24.0 Å². The maximum Gasteiger partial charge on any atom is 0.416 e. The molecule has 7 heteroatoms. The van der Waals surface area contributed by atoms with Crippen molar-refractivity contribution in [3.8, 4) is 0 Å². The summed E-state index contributed by atoms with van der Waals surface area (Å²) in [6.45, 7) is -0.350. The molecular weight excluding hydrogens is 239 g/mol. The van der Waals surface area contributed by atoms with Crippen molar-refractivity contribution in [1.82, 2.24) is 0 Å². The fourth-order valence-electron chi connectivity index (χ4n) is 1.52. The summed E-state index contributed by atoms with van der Waals surface area (Å²) >= 11 is 0. The van der Waals surface area contributed by atoms with Crippen LogP contribution in [0.2, 0.25) is 0 Å². The normalized spacial score (nSPS) is 21.1. The van der Waals surface area contributed by atoms with Crippen LogP contribution in [0.5, 0.6) is 0 Å². The van der Waals surface area contributed by atoms with Gasteiger partial charge < -0.3 is 9.84 Å². The highest BCUT2D eigenvalue weighted by Gasteiger charge is 2.35. The summed E-state index contributed by atoms with van der Waals surface area (Å²) in [6, 6.07) is 4.13. The van der Waals surface area contributed by atoms with Crippen LogP contribution in [0.25, 0.3) is 0 Å². The molecule has 0 saturated carbocycles. The first kappa shape index (κ1) is 11.9. The zero-order valence-corrected chi connectivity index (χ0v) is 8.44. The molecule has 1 fully saturated rings. The molecule has 1 atom stereocenters. The Labute approximate surface area is 94.2 Å². The first-order valence-corrected chi connectivity index (χ1v) is 4.68. The number of aliphatic hydroxyl groups excluding tert-OH is 1. The largest absolute Gasteiger partial charge is 0.416 e. The average molecular weight is 247 g/mol. The average Bonchev–Trinajstić information content (AvgIpc) is 2.57. The van der Waals surface area contributed by atoms with Crippen molar-refractivity contribution in [3.05, 3.63) is 29.8 Å². The van der Waals surface area contributed by atoms with Gasteiger partial charge in [0.15, 0.2) is 0 Å². The van der Waals surface area contributed by atoms with Gasteiger partial charge in [0.2, 0.25) is 6.41 Å². The van der Waals surface area contributed by atoms with Gasteiger partial charge in [-0.1, -0.05) is 6.07 Å². The van der Waals surface area contributed by atoms with Gasteiger partial charge >= 0.3 is 6.18 Å². The molecule has 1 saturated heterocycles. The molecule has 1 unspecified atom stereocenters. The second-order valence-electron chi connectivity index (χ2n) is 3.45. The second-order valence-corrected chi connectivity index (χ2v) is 3.45. The van der Waals surface area contributed by atoms with Crippen LogP contribution in [0.4, 0.5) is 18.9 Å². The van der Waals surface area contributed by atoms with Crippen LogP contribution < -0.4 is 4.90 Å². The molecule has 0 aliphatic carbocycles. The molecule has 1 N–H and O–H groups in total. The van der Waals surface area contributed by atoms with E-state index >= 15 is 0 Å². The van der Waals surface area contributed by atoms with Crippen molar-refractivity contribution in [2.24, 2.45) is 0 Å². The molecule has 1 aliphatic heterocycles. The van der Waals surface area contributed by atoms with E-state index in [4.69, 9.17) is 0 Å². The van der Waals surface area contributed by atoms with Crippen LogP contribution >= 0.6 is 0 Å². The molecule has 0 aromatic heterocycles. The van der Waals surface area contributed by atoms with Crippen molar-refractivity contribution in [3.63, 3.8) is 0 Å². The van der Waals surface area contributed by atoms with Gasteiger partial charge in [0.25, 0.3) is 5.91 Å². The van der Waals surface area contributed by atoms with Crippen molar-refractivity contribution < 1.29 is 27.8 Å². The molecule has 1 aromatic carbocycles. The Morgan fingerprint density at radius 1 is 1.41 bits per heavy atom. The number of amides is 1. The predicted molar refractivity (Wildman–Crippen MR) is 50.9 cm³/mol. The van der Waals surface area contributed by atoms with Gasteiger partial charge in [0, 0.05) is 5.69 Å². The first-order valence-electron chi connectivity index (χ1n) is 4.68. The van der Waals surface area contributed by atoms with E-state index in [2.05, 4.69) is 4.74 Å². The Morgan fingerprint density at radius 2 is 2.12 bits per heavy atom. The lowest BCUT2D eigenvalue weighted by molar-refractivity contribution is -0.137.